The number of fused-ring (bicyclic) bond motifs is 7. The predicted molar refractivity (Wildman–Crippen MR) is 186 cm³/mol. The van der Waals surface area contributed by atoms with Crippen molar-refractivity contribution in [2.24, 2.45) is 0 Å². The molecule has 9 aromatic rings. The zero-order valence-corrected chi connectivity index (χ0v) is 23.9. The third kappa shape index (κ3) is 3.75. The average Bonchev–Trinajstić information content (AvgIpc) is 3.47. The van der Waals surface area contributed by atoms with Crippen LogP contribution in [-0.2, 0) is 0 Å². The summed E-state index contributed by atoms with van der Waals surface area (Å²) in [4.78, 5) is 2.29. The molecule has 44 heavy (non-hydrogen) atoms. The van der Waals surface area contributed by atoms with E-state index >= 15 is 0 Å². The SMILES string of the molecule is c1ccc(N(c2ccccc2)c2cccc3c2oc2c(-c4cc5ccccc5c5ccccc45)c4ccccc4cc23)cc1. The van der Waals surface area contributed by atoms with Gasteiger partial charge in [0.15, 0.2) is 5.58 Å². The van der Waals surface area contributed by atoms with E-state index in [1.54, 1.807) is 0 Å². The molecule has 1 aromatic heterocycles. The summed E-state index contributed by atoms with van der Waals surface area (Å²) >= 11 is 0. The molecule has 2 nitrogen and oxygen atoms in total. The third-order valence-electron chi connectivity index (χ3n) is 8.80. The number of hydrogen-bond donors (Lipinski definition) is 0. The number of hydrogen-bond acceptors (Lipinski definition) is 2. The van der Waals surface area contributed by atoms with Crippen molar-refractivity contribution >= 4 is 71.3 Å². The van der Waals surface area contributed by atoms with Crippen LogP contribution in [-0.4, -0.2) is 0 Å². The van der Waals surface area contributed by atoms with Gasteiger partial charge in [0.2, 0.25) is 0 Å². The van der Waals surface area contributed by atoms with Crippen molar-refractivity contribution in [3.05, 3.63) is 164 Å². The molecule has 0 aliphatic carbocycles. The maximum atomic E-state index is 7.12. The Bertz CT molecular complexity index is 2450. The van der Waals surface area contributed by atoms with Crippen LogP contribution in [0.5, 0.6) is 0 Å². The lowest BCUT2D eigenvalue weighted by Crippen LogP contribution is -2.09. The number of para-hydroxylation sites is 3. The van der Waals surface area contributed by atoms with E-state index in [2.05, 4.69) is 169 Å². The Morgan fingerprint density at radius 1 is 0.364 bits per heavy atom. The van der Waals surface area contributed by atoms with Gasteiger partial charge in [0.05, 0.1) is 5.69 Å². The van der Waals surface area contributed by atoms with E-state index in [0.29, 0.717) is 0 Å². The van der Waals surface area contributed by atoms with E-state index in [0.717, 1.165) is 44.6 Å². The second kappa shape index (κ2) is 9.86. The van der Waals surface area contributed by atoms with E-state index in [4.69, 9.17) is 4.42 Å². The van der Waals surface area contributed by atoms with Gasteiger partial charge in [-0.3, -0.25) is 0 Å². The first-order valence-electron chi connectivity index (χ1n) is 15.0. The Hall–Kier alpha value is -5.86. The highest BCUT2D eigenvalue weighted by Gasteiger charge is 2.23. The minimum atomic E-state index is 0.872. The minimum absolute atomic E-state index is 0.872. The van der Waals surface area contributed by atoms with E-state index < -0.39 is 0 Å². The zero-order chi connectivity index (χ0) is 29.0. The number of nitrogens with zero attached hydrogens (tertiary/aromatic N) is 1. The summed E-state index contributed by atoms with van der Waals surface area (Å²) in [7, 11) is 0. The summed E-state index contributed by atoms with van der Waals surface area (Å²) in [6.07, 6.45) is 0. The molecule has 0 N–H and O–H groups in total. The Balaban J connectivity index is 1.42. The van der Waals surface area contributed by atoms with E-state index in [-0.39, 0.29) is 0 Å². The predicted octanol–water partition coefficient (Wildman–Crippen LogP) is 12.2. The molecule has 9 rings (SSSR count). The number of rotatable bonds is 4. The molecule has 0 amide bonds. The number of anilines is 3. The van der Waals surface area contributed by atoms with Crippen molar-refractivity contribution in [3.63, 3.8) is 0 Å². The van der Waals surface area contributed by atoms with Gasteiger partial charge in [0.1, 0.15) is 5.58 Å². The summed E-state index contributed by atoms with van der Waals surface area (Å²) < 4.78 is 7.12. The molecule has 0 bridgehead atoms. The van der Waals surface area contributed by atoms with Gasteiger partial charge in [-0.05, 0) is 80.3 Å². The molecule has 0 atom stereocenters. The van der Waals surface area contributed by atoms with E-state index in [1.807, 2.05) is 0 Å². The summed E-state index contributed by atoms with van der Waals surface area (Å²) in [6.45, 7) is 0. The van der Waals surface area contributed by atoms with Gasteiger partial charge in [-0.25, -0.2) is 0 Å². The summed E-state index contributed by atoms with van der Waals surface area (Å²) in [5.74, 6) is 0. The molecule has 0 aliphatic rings. The highest BCUT2D eigenvalue weighted by atomic mass is 16.3. The lowest BCUT2D eigenvalue weighted by molar-refractivity contribution is 0.670. The van der Waals surface area contributed by atoms with Crippen molar-refractivity contribution in [2.45, 2.75) is 0 Å². The van der Waals surface area contributed by atoms with Crippen molar-refractivity contribution in [2.75, 3.05) is 4.90 Å². The second-order valence-corrected chi connectivity index (χ2v) is 11.3. The molecule has 2 heteroatoms. The van der Waals surface area contributed by atoms with Gasteiger partial charge >= 0.3 is 0 Å². The fraction of sp³-hybridized carbons (Fsp3) is 0. The monoisotopic (exact) mass is 561 g/mol. The first-order valence-corrected chi connectivity index (χ1v) is 15.0. The third-order valence-corrected chi connectivity index (χ3v) is 8.80. The molecular weight excluding hydrogens is 534 g/mol. The smallest absolute Gasteiger partial charge is 0.159 e. The Morgan fingerprint density at radius 3 is 1.61 bits per heavy atom. The van der Waals surface area contributed by atoms with Gasteiger partial charge in [-0.2, -0.15) is 0 Å². The topological polar surface area (TPSA) is 16.4 Å². The molecule has 0 fully saturated rings. The Labute approximate surface area is 255 Å². The first kappa shape index (κ1) is 24.7. The fourth-order valence-electron chi connectivity index (χ4n) is 6.87. The average molecular weight is 562 g/mol. The largest absolute Gasteiger partial charge is 0.453 e. The van der Waals surface area contributed by atoms with Crippen LogP contribution in [0.25, 0.3) is 65.4 Å². The number of furan rings is 1. The Morgan fingerprint density at radius 2 is 0.909 bits per heavy atom. The molecule has 0 saturated heterocycles. The van der Waals surface area contributed by atoms with Crippen LogP contribution in [0, 0.1) is 0 Å². The molecule has 8 aromatic carbocycles. The van der Waals surface area contributed by atoms with E-state index in [9.17, 15) is 0 Å². The van der Waals surface area contributed by atoms with Gasteiger partial charge in [0.25, 0.3) is 0 Å². The van der Waals surface area contributed by atoms with Gasteiger partial charge in [0, 0.05) is 27.7 Å². The zero-order valence-electron chi connectivity index (χ0n) is 23.9. The highest BCUT2D eigenvalue weighted by molar-refractivity contribution is 6.24. The maximum absolute atomic E-state index is 7.12. The van der Waals surface area contributed by atoms with Crippen LogP contribution < -0.4 is 4.90 Å². The summed E-state index contributed by atoms with van der Waals surface area (Å²) in [6, 6.07) is 58.3. The molecule has 0 radical (unpaired) electrons. The van der Waals surface area contributed by atoms with Gasteiger partial charge in [-0.15, -0.1) is 0 Å². The van der Waals surface area contributed by atoms with Crippen LogP contribution in [0.15, 0.2) is 168 Å². The van der Waals surface area contributed by atoms with Crippen molar-refractivity contribution in [1.29, 1.82) is 0 Å². The minimum Gasteiger partial charge on any atom is -0.453 e. The van der Waals surface area contributed by atoms with Crippen LogP contribution >= 0.6 is 0 Å². The summed E-state index contributed by atoms with van der Waals surface area (Å²) in [5, 5.41) is 9.56. The molecule has 0 spiro atoms. The van der Waals surface area contributed by atoms with Crippen LogP contribution in [0.3, 0.4) is 0 Å². The number of benzene rings is 8. The molecule has 1 heterocycles. The quantitative estimate of drug-likeness (QED) is 0.199. The van der Waals surface area contributed by atoms with Crippen LogP contribution in [0.2, 0.25) is 0 Å². The normalized spacial score (nSPS) is 11.6. The van der Waals surface area contributed by atoms with E-state index in [1.165, 1.54) is 37.9 Å². The summed E-state index contributed by atoms with van der Waals surface area (Å²) in [5.41, 5.74) is 7.27. The molecule has 0 unspecified atom stereocenters. The van der Waals surface area contributed by atoms with Gasteiger partial charge in [-0.1, -0.05) is 121 Å². The molecule has 206 valence electrons. The standard InChI is InChI=1S/C42H27NO/c1-3-16-30(17-4-1)43(31-18-5-2-6-19-31)39-25-13-24-36-38-27-29-15-8-10-21-33(29)40(42(38)44-41(36)39)37-26-28-14-7-9-20-32(28)34-22-11-12-23-35(34)37/h1-27H. The Kier molecular flexibility index (Phi) is 5.54. The fourth-order valence-corrected chi connectivity index (χ4v) is 6.87. The highest BCUT2D eigenvalue weighted by Crippen LogP contribution is 2.47. The van der Waals surface area contributed by atoms with Crippen molar-refractivity contribution in [1.82, 2.24) is 0 Å². The first-order chi connectivity index (χ1) is 21.8. The lowest BCUT2D eigenvalue weighted by atomic mass is 9.89. The van der Waals surface area contributed by atoms with Crippen molar-refractivity contribution < 1.29 is 4.42 Å². The van der Waals surface area contributed by atoms with Crippen LogP contribution in [0.4, 0.5) is 17.1 Å². The lowest BCUT2D eigenvalue weighted by Gasteiger charge is -2.25. The second-order valence-electron chi connectivity index (χ2n) is 11.3. The molecular formula is C42H27NO. The van der Waals surface area contributed by atoms with Crippen molar-refractivity contribution in [3.8, 4) is 11.1 Å². The maximum Gasteiger partial charge on any atom is 0.159 e. The molecule has 0 aliphatic heterocycles. The molecule has 0 saturated carbocycles. The van der Waals surface area contributed by atoms with Gasteiger partial charge < -0.3 is 9.32 Å². The van der Waals surface area contributed by atoms with Crippen LogP contribution in [0.1, 0.15) is 0 Å².